The fraction of sp³-hybridized carbons (Fsp3) is 0.588. The zero-order valence-corrected chi connectivity index (χ0v) is 13.0. The smallest absolute Gasteiger partial charge is 0.0958 e. The van der Waals surface area contributed by atoms with Crippen molar-refractivity contribution in [2.24, 2.45) is 5.92 Å². The van der Waals surface area contributed by atoms with E-state index in [-0.39, 0.29) is 0 Å². The third kappa shape index (κ3) is 3.60. The second kappa shape index (κ2) is 7.44. The molecule has 2 rings (SSSR count). The molecule has 0 fully saturated rings. The van der Waals surface area contributed by atoms with Gasteiger partial charge in [0, 0.05) is 12.6 Å². The predicted molar refractivity (Wildman–Crippen MR) is 85.9 cm³/mol. The summed E-state index contributed by atoms with van der Waals surface area (Å²) in [5, 5.41) is 3.64. The highest BCUT2D eigenvalue weighted by Crippen LogP contribution is 2.18. The van der Waals surface area contributed by atoms with Gasteiger partial charge in [0.05, 0.1) is 17.4 Å². The van der Waals surface area contributed by atoms with Gasteiger partial charge in [0.2, 0.25) is 0 Å². The molecule has 3 heteroatoms. The van der Waals surface area contributed by atoms with Crippen LogP contribution in [0.4, 0.5) is 0 Å². The summed E-state index contributed by atoms with van der Waals surface area (Å²) in [6.45, 7) is 8.81. The first-order valence-electron chi connectivity index (χ1n) is 7.91. The fourth-order valence-corrected chi connectivity index (χ4v) is 2.93. The van der Waals surface area contributed by atoms with Gasteiger partial charge in [-0.15, -0.1) is 0 Å². The zero-order valence-electron chi connectivity index (χ0n) is 13.0. The first-order chi connectivity index (χ1) is 9.78. The van der Waals surface area contributed by atoms with Crippen LogP contribution in [0, 0.1) is 5.92 Å². The largest absolute Gasteiger partial charge is 0.329 e. The molecule has 1 unspecified atom stereocenters. The third-order valence-electron chi connectivity index (χ3n) is 4.21. The van der Waals surface area contributed by atoms with Crippen LogP contribution in [0.15, 0.2) is 30.6 Å². The summed E-state index contributed by atoms with van der Waals surface area (Å²) in [6, 6.07) is 8.90. The number of hydrogen-bond acceptors (Lipinski definition) is 2. The molecule has 1 N–H and O–H groups in total. The monoisotopic (exact) mass is 273 g/mol. The Labute approximate surface area is 122 Å². The van der Waals surface area contributed by atoms with Crippen molar-refractivity contribution in [2.45, 2.75) is 52.6 Å². The fourth-order valence-electron chi connectivity index (χ4n) is 2.93. The normalized spacial score (nSPS) is 13.2. The van der Waals surface area contributed by atoms with E-state index >= 15 is 0 Å². The number of rotatable bonds is 8. The minimum atomic E-state index is 0.530. The molecule has 1 aromatic heterocycles. The number of aromatic nitrogens is 2. The summed E-state index contributed by atoms with van der Waals surface area (Å²) in [5.41, 5.74) is 2.32. The van der Waals surface area contributed by atoms with Crippen LogP contribution in [-0.4, -0.2) is 22.1 Å². The molecule has 0 aliphatic rings. The summed E-state index contributed by atoms with van der Waals surface area (Å²) >= 11 is 0. The van der Waals surface area contributed by atoms with Crippen LogP contribution in [-0.2, 0) is 6.54 Å². The number of fused-ring (bicyclic) bond motifs is 1. The van der Waals surface area contributed by atoms with E-state index in [4.69, 9.17) is 0 Å². The van der Waals surface area contributed by atoms with E-state index in [1.165, 1.54) is 24.8 Å². The molecule has 110 valence electrons. The summed E-state index contributed by atoms with van der Waals surface area (Å²) < 4.78 is 2.28. The van der Waals surface area contributed by atoms with Crippen LogP contribution in [0.3, 0.4) is 0 Å². The van der Waals surface area contributed by atoms with Crippen molar-refractivity contribution >= 4 is 11.0 Å². The quantitative estimate of drug-likeness (QED) is 0.792. The van der Waals surface area contributed by atoms with Crippen LogP contribution < -0.4 is 5.32 Å². The van der Waals surface area contributed by atoms with Gasteiger partial charge < -0.3 is 9.88 Å². The van der Waals surface area contributed by atoms with E-state index < -0.39 is 0 Å². The van der Waals surface area contributed by atoms with E-state index in [2.05, 4.69) is 53.8 Å². The number of para-hydroxylation sites is 2. The Kier molecular flexibility index (Phi) is 5.60. The number of likely N-dealkylation sites (N-methyl/N-ethyl adjacent to an activating group) is 1. The van der Waals surface area contributed by atoms with Crippen molar-refractivity contribution in [3.05, 3.63) is 30.6 Å². The Morgan fingerprint density at radius 3 is 2.60 bits per heavy atom. The van der Waals surface area contributed by atoms with E-state index in [1.807, 2.05) is 12.4 Å². The molecular weight excluding hydrogens is 246 g/mol. The molecule has 1 atom stereocenters. The lowest BCUT2D eigenvalue weighted by Crippen LogP contribution is -2.34. The van der Waals surface area contributed by atoms with Crippen molar-refractivity contribution in [1.82, 2.24) is 14.9 Å². The Morgan fingerprint density at radius 2 is 1.90 bits per heavy atom. The summed E-state index contributed by atoms with van der Waals surface area (Å²) in [4.78, 5) is 4.49. The second-order valence-electron chi connectivity index (χ2n) is 5.56. The highest BCUT2D eigenvalue weighted by atomic mass is 15.1. The van der Waals surface area contributed by atoms with Crippen molar-refractivity contribution in [3.8, 4) is 0 Å². The Hall–Kier alpha value is -1.35. The Morgan fingerprint density at radius 1 is 1.15 bits per heavy atom. The molecule has 0 aliphatic heterocycles. The molecule has 0 amide bonds. The lowest BCUT2D eigenvalue weighted by atomic mass is 9.94. The van der Waals surface area contributed by atoms with Gasteiger partial charge in [-0.2, -0.15) is 0 Å². The maximum atomic E-state index is 4.49. The van der Waals surface area contributed by atoms with Crippen LogP contribution >= 0.6 is 0 Å². The maximum Gasteiger partial charge on any atom is 0.0958 e. The van der Waals surface area contributed by atoms with E-state index in [9.17, 15) is 0 Å². The van der Waals surface area contributed by atoms with E-state index in [0.29, 0.717) is 6.04 Å². The molecule has 2 aromatic rings. The molecule has 3 nitrogen and oxygen atoms in total. The maximum absolute atomic E-state index is 4.49. The number of nitrogens with one attached hydrogen (secondary N) is 1. The third-order valence-corrected chi connectivity index (χ3v) is 4.21. The van der Waals surface area contributed by atoms with Crippen molar-refractivity contribution in [1.29, 1.82) is 0 Å². The molecule has 0 radical (unpaired) electrons. The Balaban J connectivity index is 2.11. The topological polar surface area (TPSA) is 29.9 Å². The summed E-state index contributed by atoms with van der Waals surface area (Å²) in [7, 11) is 0. The van der Waals surface area contributed by atoms with Gasteiger partial charge in [-0.3, -0.25) is 0 Å². The van der Waals surface area contributed by atoms with Crippen LogP contribution in [0.1, 0.15) is 40.0 Å². The van der Waals surface area contributed by atoms with Crippen LogP contribution in [0.2, 0.25) is 0 Å². The lowest BCUT2D eigenvalue weighted by molar-refractivity contribution is 0.343. The number of benzene rings is 1. The van der Waals surface area contributed by atoms with Gasteiger partial charge in [-0.1, -0.05) is 45.7 Å². The van der Waals surface area contributed by atoms with Gasteiger partial charge >= 0.3 is 0 Å². The number of nitrogens with zero attached hydrogens (tertiary/aromatic N) is 2. The first-order valence-corrected chi connectivity index (χ1v) is 7.91. The molecule has 0 bridgehead atoms. The average molecular weight is 273 g/mol. The molecule has 0 spiro atoms. The lowest BCUT2D eigenvalue weighted by Gasteiger charge is -2.23. The number of imidazole rings is 1. The highest BCUT2D eigenvalue weighted by molar-refractivity contribution is 5.74. The van der Waals surface area contributed by atoms with Gasteiger partial charge in [0.25, 0.3) is 0 Å². The molecule has 0 saturated carbocycles. The molecular formula is C17H27N3. The SMILES string of the molecule is CCNC(CC(CC)CC)Cn1cnc2ccccc21. The molecule has 1 aromatic carbocycles. The molecule has 1 heterocycles. The molecule has 0 saturated heterocycles. The standard InChI is InChI=1S/C17H27N3/c1-4-14(5-2)11-15(18-6-3)12-20-13-19-16-9-7-8-10-17(16)20/h7-10,13-15,18H,4-6,11-12H2,1-3H3. The minimum absolute atomic E-state index is 0.530. The van der Waals surface area contributed by atoms with E-state index in [1.54, 1.807) is 0 Å². The second-order valence-corrected chi connectivity index (χ2v) is 5.56. The number of hydrogen-bond donors (Lipinski definition) is 1. The zero-order chi connectivity index (χ0) is 14.4. The summed E-state index contributed by atoms with van der Waals surface area (Å²) in [5.74, 6) is 0.814. The van der Waals surface area contributed by atoms with E-state index in [0.717, 1.165) is 24.5 Å². The van der Waals surface area contributed by atoms with Gasteiger partial charge in [0.15, 0.2) is 0 Å². The highest BCUT2D eigenvalue weighted by Gasteiger charge is 2.15. The predicted octanol–water partition coefficient (Wildman–Crippen LogP) is 3.84. The van der Waals surface area contributed by atoms with Crippen molar-refractivity contribution in [3.63, 3.8) is 0 Å². The molecule has 0 aliphatic carbocycles. The minimum Gasteiger partial charge on any atom is -0.329 e. The van der Waals surface area contributed by atoms with Gasteiger partial charge in [0.1, 0.15) is 0 Å². The summed E-state index contributed by atoms with van der Waals surface area (Å²) in [6.07, 6.45) is 5.75. The molecule has 20 heavy (non-hydrogen) atoms. The van der Waals surface area contributed by atoms with Gasteiger partial charge in [-0.25, -0.2) is 4.98 Å². The average Bonchev–Trinajstić information content (AvgIpc) is 2.88. The van der Waals surface area contributed by atoms with Crippen molar-refractivity contribution in [2.75, 3.05) is 6.54 Å². The first kappa shape index (κ1) is 15.0. The van der Waals surface area contributed by atoms with Crippen LogP contribution in [0.5, 0.6) is 0 Å². The Bertz CT molecular complexity index is 514. The van der Waals surface area contributed by atoms with Crippen molar-refractivity contribution < 1.29 is 0 Å². The van der Waals surface area contributed by atoms with Crippen LogP contribution in [0.25, 0.3) is 11.0 Å². The van der Waals surface area contributed by atoms with Gasteiger partial charge in [-0.05, 0) is 31.0 Å².